The Labute approximate surface area is 159 Å². The average molecular weight is 364 g/mol. The van der Waals surface area contributed by atoms with Crippen LogP contribution < -0.4 is 5.32 Å². The summed E-state index contributed by atoms with van der Waals surface area (Å²) in [5.74, 6) is 0.0507. The fourth-order valence-electron chi connectivity index (χ4n) is 4.07. The van der Waals surface area contributed by atoms with Crippen LogP contribution in [0.4, 0.5) is 0 Å². The summed E-state index contributed by atoms with van der Waals surface area (Å²) < 4.78 is 0. The van der Waals surface area contributed by atoms with Crippen LogP contribution in [0.15, 0.2) is 23.8 Å². The zero-order valence-corrected chi connectivity index (χ0v) is 16.9. The number of nitrogens with zero attached hydrogens (tertiary/aromatic N) is 2. The molecule has 26 heavy (non-hydrogen) atoms. The number of allylic oxidation sites excluding steroid dienone is 1. The molecule has 0 bridgehead atoms. The lowest BCUT2D eigenvalue weighted by Gasteiger charge is -2.44. The van der Waals surface area contributed by atoms with Gasteiger partial charge in [0, 0.05) is 20.1 Å². The number of aliphatic hydroxyl groups excluding tert-OH is 1. The molecule has 2 aliphatic rings. The number of hydrazine groups is 1. The van der Waals surface area contributed by atoms with Crippen molar-refractivity contribution in [3.8, 4) is 0 Å². The number of hydrogen-bond donors (Lipinski definition) is 2. The van der Waals surface area contributed by atoms with Gasteiger partial charge in [0.1, 0.15) is 6.04 Å². The highest BCUT2D eigenvalue weighted by Crippen LogP contribution is 2.24. The third kappa shape index (κ3) is 5.41. The maximum atomic E-state index is 13.0. The maximum Gasteiger partial charge on any atom is 0.239 e. The molecule has 5 nitrogen and oxygen atoms in total. The highest BCUT2D eigenvalue weighted by molar-refractivity contribution is 5.82. The van der Waals surface area contributed by atoms with E-state index < -0.39 is 6.10 Å². The van der Waals surface area contributed by atoms with Crippen molar-refractivity contribution in [3.05, 3.63) is 23.8 Å². The molecule has 0 saturated carbocycles. The van der Waals surface area contributed by atoms with Crippen molar-refractivity contribution in [2.75, 3.05) is 14.1 Å². The van der Waals surface area contributed by atoms with Gasteiger partial charge in [0.2, 0.25) is 5.91 Å². The SMILES string of the molecule is CCCC[C@H](O)[C@@H]1C=CC[C@H](C(=O)N[C@H](C)C2=CCCCC2)N1N(C)C. The maximum absolute atomic E-state index is 13.0. The molecule has 0 aromatic heterocycles. The topological polar surface area (TPSA) is 55.8 Å². The van der Waals surface area contributed by atoms with Gasteiger partial charge in [0.05, 0.1) is 12.1 Å². The fraction of sp³-hybridized carbons (Fsp3) is 0.762. The molecular weight excluding hydrogens is 326 g/mol. The zero-order valence-electron chi connectivity index (χ0n) is 16.9. The second kappa shape index (κ2) is 10.2. The summed E-state index contributed by atoms with van der Waals surface area (Å²) in [4.78, 5) is 13.0. The average Bonchev–Trinajstić information content (AvgIpc) is 2.65. The van der Waals surface area contributed by atoms with Crippen molar-refractivity contribution in [3.63, 3.8) is 0 Å². The molecule has 2 rings (SSSR count). The largest absolute Gasteiger partial charge is 0.391 e. The Morgan fingerprint density at radius 1 is 1.42 bits per heavy atom. The smallest absolute Gasteiger partial charge is 0.239 e. The number of aliphatic hydroxyl groups is 1. The van der Waals surface area contributed by atoms with Crippen LogP contribution in [0.3, 0.4) is 0 Å². The minimum atomic E-state index is -0.456. The van der Waals surface area contributed by atoms with E-state index in [1.54, 1.807) is 0 Å². The van der Waals surface area contributed by atoms with Crippen LogP contribution in [-0.4, -0.2) is 59.4 Å². The second-order valence-corrected chi connectivity index (χ2v) is 7.86. The van der Waals surface area contributed by atoms with Gasteiger partial charge < -0.3 is 10.4 Å². The Bertz CT molecular complexity index is 515. The van der Waals surface area contributed by atoms with E-state index in [1.165, 1.54) is 18.4 Å². The first kappa shape index (κ1) is 21.1. The van der Waals surface area contributed by atoms with Crippen molar-refractivity contribution in [1.29, 1.82) is 0 Å². The molecule has 0 aromatic rings. The van der Waals surface area contributed by atoms with Gasteiger partial charge in [-0.1, -0.05) is 43.6 Å². The highest BCUT2D eigenvalue weighted by Gasteiger charge is 2.37. The van der Waals surface area contributed by atoms with Gasteiger partial charge in [-0.25, -0.2) is 10.0 Å². The predicted molar refractivity (Wildman–Crippen MR) is 107 cm³/mol. The van der Waals surface area contributed by atoms with Gasteiger partial charge in [0.25, 0.3) is 0 Å². The first-order valence-electron chi connectivity index (χ1n) is 10.2. The molecule has 0 saturated heterocycles. The Kier molecular flexibility index (Phi) is 8.32. The van der Waals surface area contributed by atoms with Crippen LogP contribution in [0.5, 0.6) is 0 Å². The van der Waals surface area contributed by atoms with Gasteiger partial charge in [-0.05, 0) is 45.4 Å². The monoisotopic (exact) mass is 363 g/mol. The minimum absolute atomic E-state index is 0.0507. The fourth-order valence-corrected chi connectivity index (χ4v) is 4.07. The third-order valence-electron chi connectivity index (χ3n) is 5.57. The van der Waals surface area contributed by atoms with Crippen molar-refractivity contribution in [2.45, 2.75) is 89.4 Å². The summed E-state index contributed by atoms with van der Waals surface area (Å²) in [6, 6.07) is -0.339. The number of unbranched alkanes of at least 4 members (excludes halogenated alkanes) is 1. The van der Waals surface area contributed by atoms with Crippen LogP contribution in [0, 0.1) is 0 Å². The van der Waals surface area contributed by atoms with Gasteiger partial charge in [-0.3, -0.25) is 4.79 Å². The summed E-state index contributed by atoms with van der Waals surface area (Å²) in [5.41, 5.74) is 1.35. The lowest BCUT2D eigenvalue weighted by molar-refractivity contribution is -0.141. The van der Waals surface area contributed by atoms with E-state index in [4.69, 9.17) is 0 Å². The lowest BCUT2D eigenvalue weighted by atomic mass is 9.93. The standard InChI is InChI=1S/C21H37N3O2/c1-5-6-15-20(25)18-13-10-14-19(24(18)23(3)4)21(26)22-16(2)17-11-8-7-9-12-17/h10-11,13,16,18-20,25H,5-9,12,14-15H2,1-4H3,(H,22,26)/t16-,18+,19-,20+/m1/s1. The number of amides is 1. The van der Waals surface area contributed by atoms with Gasteiger partial charge >= 0.3 is 0 Å². The molecule has 0 spiro atoms. The number of hydrogen-bond acceptors (Lipinski definition) is 4. The zero-order chi connectivity index (χ0) is 19.1. The number of carbonyl (C=O) groups is 1. The summed E-state index contributed by atoms with van der Waals surface area (Å²) in [6.45, 7) is 4.21. The van der Waals surface area contributed by atoms with Crippen LogP contribution in [0.25, 0.3) is 0 Å². The molecule has 0 aromatic carbocycles. The molecule has 0 radical (unpaired) electrons. The van der Waals surface area contributed by atoms with Crippen LogP contribution in [-0.2, 0) is 4.79 Å². The summed E-state index contributed by atoms with van der Waals surface area (Å²) in [6.07, 6.45) is 14.1. The predicted octanol–water partition coefficient (Wildman–Crippen LogP) is 3.02. The summed E-state index contributed by atoms with van der Waals surface area (Å²) >= 11 is 0. The molecule has 1 aliphatic heterocycles. The van der Waals surface area contributed by atoms with E-state index in [2.05, 4.69) is 37.4 Å². The summed E-state index contributed by atoms with van der Waals surface area (Å²) in [7, 11) is 3.90. The van der Waals surface area contributed by atoms with E-state index in [0.29, 0.717) is 6.42 Å². The van der Waals surface area contributed by atoms with E-state index in [9.17, 15) is 9.90 Å². The van der Waals surface area contributed by atoms with E-state index >= 15 is 0 Å². The number of rotatable bonds is 8. The molecule has 148 valence electrons. The van der Waals surface area contributed by atoms with E-state index in [-0.39, 0.29) is 24.0 Å². The van der Waals surface area contributed by atoms with Crippen molar-refractivity contribution < 1.29 is 9.90 Å². The molecule has 1 amide bonds. The lowest BCUT2D eigenvalue weighted by Crippen LogP contribution is -2.61. The molecule has 1 aliphatic carbocycles. The molecule has 0 fully saturated rings. The number of carbonyl (C=O) groups excluding carboxylic acids is 1. The van der Waals surface area contributed by atoms with Crippen molar-refractivity contribution in [1.82, 2.24) is 15.3 Å². The van der Waals surface area contributed by atoms with Crippen LogP contribution in [0.2, 0.25) is 0 Å². The van der Waals surface area contributed by atoms with Crippen LogP contribution in [0.1, 0.15) is 65.2 Å². The number of nitrogens with one attached hydrogen (secondary N) is 1. The molecule has 1 heterocycles. The van der Waals surface area contributed by atoms with Crippen molar-refractivity contribution >= 4 is 5.91 Å². The quantitative estimate of drug-likeness (QED) is 0.651. The van der Waals surface area contributed by atoms with E-state index in [1.807, 2.05) is 24.1 Å². The molecule has 5 heteroatoms. The van der Waals surface area contributed by atoms with E-state index in [0.717, 1.165) is 32.1 Å². The first-order valence-corrected chi connectivity index (χ1v) is 10.2. The minimum Gasteiger partial charge on any atom is -0.391 e. The molecule has 4 atom stereocenters. The second-order valence-electron chi connectivity index (χ2n) is 7.86. The Balaban J connectivity index is 2.06. The van der Waals surface area contributed by atoms with Gasteiger partial charge in [-0.15, -0.1) is 0 Å². The highest BCUT2D eigenvalue weighted by atomic mass is 16.3. The molecule has 0 unspecified atom stereocenters. The Morgan fingerprint density at radius 2 is 2.19 bits per heavy atom. The van der Waals surface area contributed by atoms with Crippen LogP contribution >= 0.6 is 0 Å². The summed E-state index contributed by atoms with van der Waals surface area (Å²) in [5, 5.41) is 17.9. The van der Waals surface area contributed by atoms with Crippen molar-refractivity contribution in [2.24, 2.45) is 0 Å². The van der Waals surface area contributed by atoms with Gasteiger partial charge in [0.15, 0.2) is 0 Å². The Hall–Kier alpha value is -1.17. The molecule has 2 N–H and O–H groups in total. The third-order valence-corrected chi connectivity index (χ3v) is 5.57. The Morgan fingerprint density at radius 3 is 2.81 bits per heavy atom. The molecular formula is C21H37N3O2. The first-order chi connectivity index (χ1) is 12.5. The normalized spacial score (nSPS) is 26.5. The van der Waals surface area contributed by atoms with Gasteiger partial charge in [-0.2, -0.15) is 0 Å².